The molecule has 0 aromatic heterocycles. The lowest BCUT2D eigenvalue weighted by molar-refractivity contribution is 0.0692. The van der Waals surface area contributed by atoms with Crippen LogP contribution in [0.2, 0.25) is 5.02 Å². The van der Waals surface area contributed by atoms with Crippen molar-refractivity contribution in [2.75, 3.05) is 5.73 Å². The third-order valence-corrected chi connectivity index (χ3v) is 2.92. The van der Waals surface area contributed by atoms with Gasteiger partial charge in [0, 0.05) is 11.8 Å². The summed E-state index contributed by atoms with van der Waals surface area (Å²) in [7, 11) is 0. The van der Waals surface area contributed by atoms with E-state index in [0.29, 0.717) is 11.3 Å². The zero-order chi connectivity index (χ0) is 14.7. The van der Waals surface area contributed by atoms with Gasteiger partial charge in [-0.1, -0.05) is 17.7 Å². The number of hydrogen-bond donors (Lipinski definition) is 2. The average Bonchev–Trinajstić information content (AvgIpc) is 2.40. The quantitative estimate of drug-likeness (QED) is 0.849. The van der Waals surface area contributed by atoms with Gasteiger partial charge in [-0.2, -0.15) is 0 Å². The van der Waals surface area contributed by atoms with Crippen molar-refractivity contribution >= 4 is 23.3 Å². The number of carboxylic acid groups (broad SMARTS) is 1. The number of carbonyl (C=O) groups is 1. The van der Waals surface area contributed by atoms with E-state index in [-0.39, 0.29) is 22.9 Å². The fourth-order valence-electron chi connectivity index (χ4n) is 1.63. The van der Waals surface area contributed by atoms with Crippen LogP contribution in [0.3, 0.4) is 0 Å². The summed E-state index contributed by atoms with van der Waals surface area (Å²) < 4.78 is 18.7. The van der Waals surface area contributed by atoms with E-state index in [2.05, 4.69) is 0 Å². The maximum atomic E-state index is 13.3. The Morgan fingerprint density at radius 1 is 1.30 bits per heavy atom. The molecule has 0 aliphatic carbocycles. The maximum absolute atomic E-state index is 13.3. The van der Waals surface area contributed by atoms with E-state index in [9.17, 15) is 9.18 Å². The molecule has 2 rings (SSSR count). The zero-order valence-electron chi connectivity index (χ0n) is 10.3. The molecule has 20 heavy (non-hydrogen) atoms. The van der Waals surface area contributed by atoms with Crippen molar-refractivity contribution in [3.05, 3.63) is 58.4 Å². The number of hydrogen-bond acceptors (Lipinski definition) is 3. The van der Waals surface area contributed by atoms with Crippen LogP contribution in [-0.2, 0) is 6.61 Å². The molecule has 0 saturated heterocycles. The highest BCUT2D eigenvalue weighted by Gasteiger charge is 2.12. The molecule has 3 N–H and O–H groups in total. The minimum Gasteiger partial charge on any atom is -0.488 e. The average molecular weight is 296 g/mol. The van der Waals surface area contributed by atoms with Crippen LogP contribution in [0.1, 0.15) is 15.9 Å². The molecule has 0 amide bonds. The van der Waals surface area contributed by atoms with Gasteiger partial charge in [-0.25, -0.2) is 9.18 Å². The third kappa shape index (κ3) is 3.19. The van der Waals surface area contributed by atoms with Crippen molar-refractivity contribution in [1.82, 2.24) is 0 Å². The summed E-state index contributed by atoms with van der Waals surface area (Å²) in [5, 5.41) is 9.05. The predicted octanol–water partition coefficient (Wildman–Crippen LogP) is 3.34. The number of anilines is 1. The van der Waals surface area contributed by atoms with Gasteiger partial charge in [0.15, 0.2) is 0 Å². The first kappa shape index (κ1) is 14.1. The molecule has 0 aliphatic rings. The van der Waals surface area contributed by atoms with Crippen molar-refractivity contribution in [1.29, 1.82) is 0 Å². The second kappa shape index (κ2) is 5.79. The van der Waals surface area contributed by atoms with Crippen LogP contribution in [0.25, 0.3) is 0 Å². The molecule has 6 heteroatoms. The number of nitrogens with two attached hydrogens (primary N) is 1. The fourth-order valence-corrected chi connectivity index (χ4v) is 1.74. The van der Waals surface area contributed by atoms with Gasteiger partial charge in [0.2, 0.25) is 0 Å². The van der Waals surface area contributed by atoms with Gasteiger partial charge in [0.25, 0.3) is 0 Å². The van der Waals surface area contributed by atoms with Gasteiger partial charge in [0.1, 0.15) is 23.7 Å². The molecule has 0 fully saturated rings. The molecule has 0 bridgehead atoms. The Labute approximate surface area is 119 Å². The number of nitrogen functional groups attached to an aromatic ring is 1. The van der Waals surface area contributed by atoms with Crippen LogP contribution >= 0.6 is 11.6 Å². The Balaban J connectivity index is 2.20. The molecule has 0 spiro atoms. The molecule has 2 aromatic carbocycles. The van der Waals surface area contributed by atoms with E-state index in [1.54, 1.807) is 6.07 Å². The van der Waals surface area contributed by atoms with Crippen molar-refractivity contribution in [2.45, 2.75) is 6.61 Å². The van der Waals surface area contributed by atoms with Gasteiger partial charge < -0.3 is 15.6 Å². The minimum atomic E-state index is -1.12. The minimum absolute atomic E-state index is 0.00589. The normalized spacial score (nSPS) is 10.3. The van der Waals surface area contributed by atoms with Crippen LogP contribution in [0, 0.1) is 5.82 Å². The number of halogens is 2. The van der Waals surface area contributed by atoms with Crippen LogP contribution in [0.5, 0.6) is 5.75 Å². The Kier molecular flexibility index (Phi) is 4.10. The van der Waals surface area contributed by atoms with Crippen LogP contribution in [0.15, 0.2) is 36.4 Å². The number of ether oxygens (including phenoxy) is 1. The van der Waals surface area contributed by atoms with Crippen molar-refractivity contribution in [3.8, 4) is 5.75 Å². The van der Waals surface area contributed by atoms with E-state index < -0.39 is 11.8 Å². The number of carboxylic acids is 1. The zero-order valence-corrected chi connectivity index (χ0v) is 11.0. The molecule has 104 valence electrons. The van der Waals surface area contributed by atoms with Crippen molar-refractivity contribution in [2.24, 2.45) is 0 Å². The summed E-state index contributed by atoms with van der Waals surface area (Å²) in [6.07, 6.45) is 0. The maximum Gasteiger partial charge on any atom is 0.339 e. The number of aromatic carboxylic acids is 1. The van der Waals surface area contributed by atoms with E-state index in [4.69, 9.17) is 27.2 Å². The first-order valence-electron chi connectivity index (χ1n) is 5.67. The van der Waals surface area contributed by atoms with E-state index in [1.165, 1.54) is 30.3 Å². The van der Waals surface area contributed by atoms with Gasteiger partial charge >= 0.3 is 5.97 Å². The predicted molar refractivity (Wildman–Crippen MR) is 73.6 cm³/mol. The van der Waals surface area contributed by atoms with Crippen LogP contribution in [0.4, 0.5) is 10.1 Å². The highest BCUT2D eigenvalue weighted by atomic mass is 35.5. The van der Waals surface area contributed by atoms with Crippen LogP contribution < -0.4 is 10.5 Å². The number of rotatable bonds is 4. The van der Waals surface area contributed by atoms with Gasteiger partial charge in [-0.15, -0.1) is 0 Å². The van der Waals surface area contributed by atoms with Gasteiger partial charge in [-0.3, -0.25) is 0 Å². The largest absolute Gasteiger partial charge is 0.488 e. The highest BCUT2D eigenvalue weighted by Crippen LogP contribution is 2.23. The molecular formula is C14H11ClFNO3. The fraction of sp³-hybridized carbons (Fsp3) is 0.0714. The molecule has 2 aromatic rings. The Hall–Kier alpha value is -2.27. The Bertz CT molecular complexity index is 661. The lowest BCUT2D eigenvalue weighted by atomic mass is 10.2. The van der Waals surface area contributed by atoms with Gasteiger partial charge in [0.05, 0.1) is 5.02 Å². The standard InChI is InChI=1S/C14H11ClFNO3/c15-11-4-1-8(5-12(11)16)7-20-13-6-9(17)2-3-10(13)14(18)19/h1-6H,7,17H2,(H,18,19). The molecule has 0 radical (unpaired) electrons. The monoisotopic (exact) mass is 295 g/mol. The van der Waals surface area contributed by atoms with E-state index >= 15 is 0 Å². The van der Waals surface area contributed by atoms with Gasteiger partial charge in [-0.05, 0) is 29.8 Å². The summed E-state index contributed by atoms with van der Waals surface area (Å²) in [5.41, 5.74) is 6.50. The lowest BCUT2D eigenvalue weighted by Gasteiger charge is -2.10. The molecular weight excluding hydrogens is 285 g/mol. The molecule has 0 unspecified atom stereocenters. The summed E-state index contributed by atoms with van der Waals surface area (Å²) in [5.74, 6) is -1.55. The molecule has 0 atom stereocenters. The highest BCUT2D eigenvalue weighted by molar-refractivity contribution is 6.30. The second-order valence-corrected chi connectivity index (χ2v) is 4.51. The van der Waals surface area contributed by atoms with Crippen LogP contribution in [-0.4, -0.2) is 11.1 Å². The number of benzene rings is 2. The van der Waals surface area contributed by atoms with Crippen molar-refractivity contribution in [3.63, 3.8) is 0 Å². The second-order valence-electron chi connectivity index (χ2n) is 4.10. The third-order valence-electron chi connectivity index (χ3n) is 2.61. The summed E-state index contributed by atoms with van der Waals surface area (Å²) >= 11 is 5.58. The Morgan fingerprint density at radius 2 is 2.05 bits per heavy atom. The summed E-state index contributed by atoms with van der Waals surface area (Å²) in [4.78, 5) is 11.0. The Morgan fingerprint density at radius 3 is 2.70 bits per heavy atom. The molecule has 0 saturated carbocycles. The van der Waals surface area contributed by atoms with E-state index in [1.807, 2.05) is 0 Å². The lowest BCUT2D eigenvalue weighted by Crippen LogP contribution is -2.04. The first-order chi connectivity index (χ1) is 9.47. The summed E-state index contributed by atoms with van der Waals surface area (Å²) in [6.45, 7) is 0.0117. The van der Waals surface area contributed by atoms with E-state index in [0.717, 1.165) is 0 Å². The molecule has 0 aliphatic heterocycles. The SMILES string of the molecule is Nc1ccc(C(=O)O)c(OCc2ccc(Cl)c(F)c2)c1. The topological polar surface area (TPSA) is 72.6 Å². The van der Waals surface area contributed by atoms with Crippen molar-refractivity contribution < 1.29 is 19.0 Å². The summed E-state index contributed by atoms with van der Waals surface area (Å²) in [6, 6.07) is 8.48. The first-order valence-corrected chi connectivity index (χ1v) is 6.04. The smallest absolute Gasteiger partial charge is 0.339 e. The molecule has 0 heterocycles. The molecule has 4 nitrogen and oxygen atoms in total.